The van der Waals surface area contributed by atoms with Gasteiger partial charge in [0.1, 0.15) is 6.04 Å². The van der Waals surface area contributed by atoms with Crippen LogP contribution in [-0.4, -0.2) is 40.5 Å². The van der Waals surface area contributed by atoms with Gasteiger partial charge in [0.2, 0.25) is 11.8 Å². The molecule has 0 saturated carbocycles. The lowest BCUT2D eigenvalue weighted by Gasteiger charge is -2.24. The Morgan fingerprint density at radius 2 is 2.10 bits per heavy atom. The number of nitrogens with zero attached hydrogens (tertiary/aromatic N) is 1. The van der Waals surface area contributed by atoms with Crippen LogP contribution in [0.1, 0.15) is 46.0 Å². The molecule has 1 aliphatic rings. The fourth-order valence-corrected chi connectivity index (χ4v) is 3.06. The highest BCUT2D eigenvalue weighted by Gasteiger charge is 2.37. The summed E-state index contributed by atoms with van der Waals surface area (Å²) in [5, 5.41) is 9.63. The molecule has 1 heterocycles. The molecule has 4 atom stereocenters. The molecule has 1 rings (SSSR count). The summed E-state index contributed by atoms with van der Waals surface area (Å²) in [4.78, 5) is 25.1. The largest absolute Gasteiger partial charge is 0.391 e. The maximum absolute atomic E-state index is 12.3. The van der Waals surface area contributed by atoms with Crippen molar-refractivity contribution in [3.05, 3.63) is 12.7 Å². The maximum atomic E-state index is 12.3. The number of aliphatic hydroxyl groups is 1. The molecule has 120 valence electrons. The van der Waals surface area contributed by atoms with Gasteiger partial charge in [-0.15, -0.1) is 6.58 Å². The zero-order valence-corrected chi connectivity index (χ0v) is 13.1. The van der Waals surface area contributed by atoms with Crippen molar-refractivity contribution in [3.8, 4) is 0 Å². The highest BCUT2D eigenvalue weighted by atomic mass is 16.3. The minimum Gasteiger partial charge on any atom is -0.391 e. The molecule has 5 heteroatoms. The average Bonchev–Trinajstić information content (AvgIpc) is 2.78. The average molecular weight is 296 g/mol. The summed E-state index contributed by atoms with van der Waals surface area (Å²) in [5.41, 5.74) is 5.30. The zero-order chi connectivity index (χ0) is 16.0. The summed E-state index contributed by atoms with van der Waals surface area (Å²) in [6, 6.07) is -0.655. The summed E-state index contributed by atoms with van der Waals surface area (Å²) in [6.07, 6.45) is 4.96. The van der Waals surface area contributed by atoms with Crippen molar-refractivity contribution < 1.29 is 14.7 Å². The summed E-state index contributed by atoms with van der Waals surface area (Å²) in [6.45, 7) is 8.16. The van der Waals surface area contributed by atoms with Gasteiger partial charge in [-0.3, -0.25) is 9.59 Å². The van der Waals surface area contributed by atoms with Gasteiger partial charge in [-0.25, -0.2) is 0 Å². The number of primary amides is 1. The molecule has 0 radical (unpaired) electrons. The van der Waals surface area contributed by atoms with Crippen molar-refractivity contribution in [1.82, 2.24) is 4.90 Å². The number of amides is 2. The number of likely N-dealkylation sites (tertiary alicyclic amines) is 1. The third-order valence-electron chi connectivity index (χ3n) is 4.12. The topological polar surface area (TPSA) is 83.6 Å². The highest BCUT2D eigenvalue weighted by Crippen LogP contribution is 2.23. The molecule has 1 unspecified atom stereocenters. The molecule has 0 aromatic carbocycles. The molecule has 0 aromatic heterocycles. The van der Waals surface area contributed by atoms with E-state index in [9.17, 15) is 14.7 Å². The third-order valence-corrected chi connectivity index (χ3v) is 4.12. The monoisotopic (exact) mass is 296 g/mol. The normalized spacial score (nSPS) is 24.6. The van der Waals surface area contributed by atoms with Gasteiger partial charge < -0.3 is 15.7 Å². The molecule has 1 saturated heterocycles. The summed E-state index contributed by atoms with van der Waals surface area (Å²) in [7, 11) is 0. The minimum absolute atomic E-state index is 0.0845. The summed E-state index contributed by atoms with van der Waals surface area (Å²) < 4.78 is 0. The van der Waals surface area contributed by atoms with Crippen LogP contribution in [0.2, 0.25) is 0 Å². The molecule has 0 aromatic rings. The van der Waals surface area contributed by atoms with Gasteiger partial charge >= 0.3 is 0 Å². The molecule has 5 nitrogen and oxygen atoms in total. The van der Waals surface area contributed by atoms with Gasteiger partial charge in [0.15, 0.2) is 0 Å². The van der Waals surface area contributed by atoms with Gasteiger partial charge in [0, 0.05) is 19.4 Å². The lowest BCUT2D eigenvalue weighted by atomic mass is 9.91. The number of carbonyl (C=O) groups excluding carboxylic acids is 2. The van der Waals surface area contributed by atoms with E-state index in [1.807, 2.05) is 13.0 Å². The number of hydrogen-bond donors (Lipinski definition) is 2. The van der Waals surface area contributed by atoms with Crippen LogP contribution < -0.4 is 5.73 Å². The van der Waals surface area contributed by atoms with E-state index in [1.54, 1.807) is 0 Å². The van der Waals surface area contributed by atoms with Crippen molar-refractivity contribution in [3.63, 3.8) is 0 Å². The van der Waals surface area contributed by atoms with Crippen LogP contribution in [0.25, 0.3) is 0 Å². The smallest absolute Gasteiger partial charge is 0.240 e. The molecule has 0 spiro atoms. The van der Waals surface area contributed by atoms with Crippen molar-refractivity contribution in [1.29, 1.82) is 0 Å². The Labute approximate surface area is 127 Å². The number of rotatable bonds is 8. The molecule has 2 amide bonds. The zero-order valence-electron chi connectivity index (χ0n) is 13.1. The fourth-order valence-electron chi connectivity index (χ4n) is 3.06. The SMILES string of the molecule is C=CCCC(C)C[C@@H](C)CC(=O)N1C[C@H](O)C[C@H]1C(N)=O. The summed E-state index contributed by atoms with van der Waals surface area (Å²) >= 11 is 0. The molecule has 21 heavy (non-hydrogen) atoms. The number of allylic oxidation sites excluding steroid dienone is 1. The second-order valence-corrected chi connectivity index (χ2v) is 6.37. The molecule has 0 aliphatic carbocycles. The van der Waals surface area contributed by atoms with E-state index in [-0.39, 0.29) is 24.8 Å². The predicted octanol–water partition coefficient (Wildman–Crippen LogP) is 1.45. The van der Waals surface area contributed by atoms with Gasteiger partial charge in [0.25, 0.3) is 0 Å². The first-order valence-corrected chi connectivity index (χ1v) is 7.72. The Balaban J connectivity index is 2.48. The number of hydrogen-bond acceptors (Lipinski definition) is 3. The van der Waals surface area contributed by atoms with Crippen molar-refractivity contribution >= 4 is 11.8 Å². The van der Waals surface area contributed by atoms with E-state index >= 15 is 0 Å². The Morgan fingerprint density at radius 3 is 2.67 bits per heavy atom. The van der Waals surface area contributed by atoms with Crippen LogP contribution in [0.5, 0.6) is 0 Å². The first-order valence-electron chi connectivity index (χ1n) is 7.72. The van der Waals surface area contributed by atoms with Crippen LogP contribution >= 0.6 is 0 Å². The Morgan fingerprint density at radius 1 is 1.43 bits per heavy atom. The van der Waals surface area contributed by atoms with E-state index in [1.165, 1.54) is 4.90 Å². The van der Waals surface area contributed by atoms with Crippen LogP contribution in [0.3, 0.4) is 0 Å². The van der Waals surface area contributed by atoms with Crippen molar-refractivity contribution in [2.24, 2.45) is 17.6 Å². The lowest BCUT2D eigenvalue weighted by Crippen LogP contribution is -2.44. The van der Waals surface area contributed by atoms with Crippen molar-refractivity contribution in [2.45, 2.75) is 58.1 Å². The maximum Gasteiger partial charge on any atom is 0.240 e. The number of aliphatic hydroxyl groups excluding tert-OH is 1. The van der Waals surface area contributed by atoms with Crippen LogP contribution in [0, 0.1) is 11.8 Å². The van der Waals surface area contributed by atoms with Gasteiger partial charge in [-0.2, -0.15) is 0 Å². The second kappa shape index (κ2) is 8.17. The van der Waals surface area contributed by atoms with Gasteiger partial charge in [0.05, 0.1) is 6.10 Å². The van der Waals surface area contributed by atoms with Gasteiger partial charge in [-0.1, -0.05) is 19.9 Å². The highest BCUT2D eigenvalue weighted by molar-refractivity contribution is 5.87. The van der Waals surface area contributed by atoms with E-state index < -0.39 is 18.1 Å². The molecular weight excluding hydrogens is 268 g/mol. The fraction of sp³-hybridized carbons (Fsp3) is 0.750. The first kappa shape index (κ1) is 17.7. The third kappa shape index (κ3) is 5.50. The van der Waals surface area contributed by atoms with E-state index in [0.29, 0.717) is 12.3 Å². The lowest BCUT2D eigenvalue weighted by molar-refractivity contribution is -0.138. The summed E-state index contributed by atoms with van der Waals surface area (Å²) in [5.74, 6) is 0.177. The van der Waals surface area contributed by atoms with E-state index in [2.05, 4.69) is 13.5 Å². The quantitative estimate of drug-likeness (QED) is 0.665. The Hall–Kier alpha value is -1.36. The van der Waals surface area contributed by atoms with Crippen LogP contribution in [0.15, 0.2) is 12.7 Å². The minimum atomic E-state index is -0.655. The Bertz CT molecular complexity index is 384. The van der Waals surface area contributed by atoms with Crippen molar-refractivity contribution in [2.75, 3.05) is 6.54 Å². The molecule has 1 fully saturated rings. The number of β-amino-alcohol motifs (C(OH)–C–C–N with tert-alkyl or cyclic N) is 1. The Kier molecular flexibility index (Phi) is 6.89. The van der Waals surface area contributed by atoms with E-state index in [0.717, 1.165) is 19.3 Å². The first-order chi connectivity index (χ1) is 9.85. The molecule has 0 bridgehead atoms. The molecule has 1 aliphatic heterocycles. The van der Waals surface area contributed by atoms with Crippen LogP contribution in [0.4, 0.5) is 0 Å². The molecular formula is C16H28N2O3. The number of nitrogens with two attached hydrogens (primary N) is 1. The second-order valence-electron chi connectivity index (χ2n) is 6.37. The van der Waals surface area contributed by atoms with E-state index in [4.69, 9.17) is 5.73 Å². The molecule has 3 N–H and O–H groups in total. The number of carbonyl (C=O) groups is 2. The van der Waals surface area contributed by atoms with Gasteiger partial charge in [-0.05, 0) is 31.1 Å². The standard InChI is InChI=1S/C16H28N2O3/c1-4-5-6-11(2)7-12(3)8-15(20)18-10-13(19)9-14(18)16(17)21/h4,11-14,19H,1,5-10H2,2-3H3,(H2,17,21)/t11?,12-,13-,14+/m1/s1. The van der Waals surface area contributed by atoms with Crippen LogP contribution in [-0.2, 0) is 9.59 Å². The predicted molar refractivity (Wildman–Crippen MR) is 82.3 cm³/mol.